The second-order valence-corrected chi connectivity index (χ2v) is 4.30. The zero-order valence-electron chi connectivity index (χ0n) is 8.71. The van der Waals surface area contributed by atoms with Crippen LogP contribution in [0.2, 0.25) is 0 Å². The molecule has 1 aromatic heterocycles. The molecule has 1 amide bonds. The van der Waals surface area contributed by atoms with Crippen molar-refractivity contribution in [1.82, 2.24) is 13.6 Å². The minimum absolute atomic E-state index is 0.0496. The van der Waals surface area contributed by atoms with Crippen molar-refractivity contribution < 1.29 is 9.53 Å². The zero-order valence-corrected chi connectivity index (χ0v) is 9.53. The molecule has 0 unspecified atom stereocenters. The monoisotopic (exact) mass is 227 g/mol. The van der Waals surface area contributed by atoms with Gasteiger partial charge >= 0.3 is 0 Å². The second-order valence-electron chi connectivity index (χ2n) is 3.74. The lowest BCUT2D eigenvalue weighted by Gasteiger charge is -2.36. The van der Waals surface area contributed by atoms with E-state index >= 15 is 0 Å². The van der Waals surface area contributed by atoms with Crippen LogP contribution in [0.3, 0.4) is 0 Å². The van der Waals surface area contributed by atoms with Crippen LogP contribution < -0.4 is 0 Å². The lowest BCUT2D eigenvalue weighted by atomic mass is 10.2. The van der Waals surface area contributed by atoms with Crippen LogP contribution in [-0.4, -0.2) is 44.9 Å². The van der Waals surface area contributed by atoms with E-state index in [9.17, 15) is 4.79 Å². The van der Waals surface area contributed by atoms with Gasteiger partial charge in [0.2, 0.25) is 0 Å². The van der Waals surface area contributed by atoms with Crippen LogP contribution in [0.4, 0.5) is 0 Å². The number of carbonyl (C=O) groups is 1. The Morgan fingerprint density at radius 3 is 3.13 bits per heavy atom. The van der Waals surface area contributed by atoms with Crippen molar-refractivity contribution in [1.29, 1.82) is 0 Å². The summed E-state index contributed by atoms with van der Waals surface area (Å²) in [5.74, 6) is -0.0496. The van der Waals surface area contributed by atoms with Crippen molar-refractivity contribution in [2.24, 2.45) is 0 Å². The fraction of sp³-hybridized carbons (Fsp3) is 0.667. The van der Waals surface area contributed by atoms with E-state index in [4.69, 9.17) is 4.74 Å². The molecule has 1 fully saturated rings. The van der Waals surface area contributed by atoms with Gasteiger partial charge in [-0.05, 0) is 13.8 Å². The molecule has 2 atom stereocenters. The minimum atomic E-state index is -0.0496. The lowest BCUT2D eigenvalue weighted by Crippen LogP contribution is -2.50. The lowest BCUT2D eigenvalue weighted by molar-refractivity contribution is -0.0388. The minimum Gasteiger partial charge on any atom is -0.375 e. The number of morpholine rings is 1. The van der Waals surface area contributed by atoms with Gasteiger partial charge in [0, 0.05) is 6.54 Å². The molecule has 6 heteroatoms. The van der Waals surface area contributed by atoms with Gasteiger partial charge in [-0.1, -0.05) is 0 Å². The van der Waals surface area contributed by atoms with Crippen molar-refractivity contribution >= 4 is 17.6 Å². The largest absolute Gasteiger partial charge is 0.375 e. The standard InChI is InChI=1S/C9H13N3O2S/c1-6-5-14-7(2)4-12(6)9(13)8-3-10-15-11-8/h3,6-7H,4-5H2,1-2H3/t6-,7-/m1/s1. The fourth-order valence-corrected chi connectivity index (χ4v) is 2.00. The number of hydrogen-bond donors (Lipinski definition) is 0. The summed E-state index contributed by atoms with van der Waals surface area (Å²) < 4.78 is 13.2. The second kappa shape index (κ2) is 4.24. The van der Waals surface area contributed by atoms with Gasteiger partial charge in [-0.25, -0.2) is 0 Å². The van der Waals surface area contributed by atoms with Crippen LogP contribution in [-0.2, 0) is 4.74 Å². The van der Waals surface area contributed by atoms with Gasteiger partial charge in [-0.2, -0.15) is 8.75 Å². The first-order chi connectivity index (χ1) is 7.18. The van der Waals surface area contributed by atoms with Crippen LogP contribution in [0.1, 0.15) is 24.3 Å². The molecule has 1 aliphatic heterocycles. The zero-order chi connectivity index (χ0) is 10.8. The number of hydrogen-bond acceptors (Lipinski definition) is 5. The number of rotatable bonds is 1. The molecule has 0 aliphatic carbocycles. The van der Waals surface area contributed by atoms with Crippen LogP contribution in [0.15, 0.2) is 6.20 Å². The maximum Gasteiger partial charge on any atom is 0.275 e. The van der Waals surface area contributed by atoms with Gasteiger partial charge in [-0.3, -0.25) is 4.79 Å². The van der Waals surface area contributed by atoms with E-state index < -0.39 is 0 Å². The summed E-state index contributed by atoms with van der Waals surface area (Å²) in [6.07, 6.45) is 1.61. The molecule has 82 valence electrons. The Morgan fingerprint density at radius 1 is 1.67 bits per heavy atom. The molecule has 15 heavy (non-hydrogen) atoms. The van der Waals surface area contributed by atoms with E-state index in [1.54, 1.807) is 4.90 Å². The summed E-state index contributed by atoms with van der Waals surface area (Å²) in [4.78, 5) is 13.8. The maximum absolute atomic E-state index is 12.0. The first-order valence-electron chi connectivity index (χ1n) is 4.88. The first-order valence-corrected chi connectivity index (χ1v) is 5.61. The summed E-state index contributed by atoms with van der Waals surface area (Å²) >= 11 is 1.06. The normalized spacial score (nSPS) is 26.7. The van der Waals surface area contributed by atoms with Crippen LogP contribution in [0.25, 0.3) is 0 Å². The molecule has 0 N–H and O–H groups in total. The molecule has 1 aliphatic rings. The molecule has 0 spiro atoms. The van der Waals surface area contributed by atoms with Gasteiger partial charge in [0.25, 0.3) is 5.91 Å². The molecule has 2 rings (SSSR count). The van der Waals surface area contributed by atoms with E-state index in [0.717, 1.165) is 11.7 Å². The highest BCUT2D eigenvalue weighted by Gasteiger charge is 2.29. The van der Waals surface area contributed by atoms with Gasteiger partial charge in [0.1, 0.15) is 0 Å². The maximum atomic E-state index is 12.0. The van der Waals surface area contributed by atoms with E-state index in [1.165, 1.54) is 6.20 Å². The Kier molecular flexibility index (Phi) is 2.97. The highest BCUT2D eigenvalue weighted by atomic mass is 32.1. The van der Waals surface area contributed by atoms with E-state index in [2.05, 4.69) is 8.75 Å². The molecular formula is C9H13N3O2S. The van der Waals surface area contributed by atoms with Crippen molar-refractivity contribution in [2.45, 2.75) is 26.0 Å². The number of aromatic nitrogens is 2. The smallest absolute Gasteiger partial charge is 0.275 e. The number of carbonyl (C=O) groups excluding carboxylic acids is 1. The molecule has 0 aromatic carbocycles. The molecule has 0 bridgehead atoms. The Balaban J connectivity index is 2.12. The quantitative estimate of drug-likeness (QED) is 0.711. The number of nitrogens with zero attached hydrogens (tertiary/aromatic N) is 3. The van der Waals surface area contributed by atoms with Gasteiger partial charge in [0.05, 0.1) is 36.7 Å². The van der Waals surface area contributed by atoms with E-state index in [1.807, 2.05) is 13.8 Å². The van der Waals surface area contributed by atoms with Crippen molar-refractivity contribution in [3.63, 3.8) is 0 Å². The van der Waals surface area contributed by atoms with Gasteiger partial charge in [-0.15, -0.1) is 0 Å². The molecule has 2 heterocycles. The van der Waals surface area contributed by atoms with Crippen molar-refractivity contribution in [3.05, 3.63) is 11.9 Å². The third-order valence-corrected chi connectivity index (χ3v) is 2.93. The predicted octanol–water partition coefficient (Wildman–Crippen LogP) is 0.787. The topological polar surface area (TPSA) is 55.3 Å². The van der Waals surface area contributed by atoms with Crippen molar-refractivity contribution in [2.75, 3.05) is 13.2 Å². The third kappa shape index (κ3) is 2.15. The van der Waals surface area contributed by atoms with Crippen LogP contribution >= 0.6 is 11.7 Å². The Hall–Kier alpha value is -1.01. The summed E-state index contributed by atoms with van der Waals surface area (Å²) in [7, 11) is 0. The molecular weight excluding hydrogens is 214 g/mol. The molecule has 1 saturated heterocycles. The summed E-state index contributed by atoms with van der Waals surface area (Å²) in [6.45, 7) is 5.15. The molecule has 0 saturated carbocycles. The first kappa shape index (κ1) is 10.5. The van der Waals surface area contributed by atoms with E-state index in [-0.39, 0.29) is 18.1 Å². The highest BCUT2D eigenvalue weighted by Crippen LogP contribution is 2.14. The molecule has 0 radical (unpaired) electrons. The van der Waals surface area contributed by atoms with E-state index in [0.29, 0.717) is 18.8 Å². The molecule has 1 aromatic rings. The van der Waals surface area contributed by atoms with Gasteiger partial charge in [0.15, 0.2) is 5.69 Å². The van der Waals surface area contributed by atoms with Gasteiger partial charge < -0.3 is 9.64 Å². The summed E-state index contributed by atoms with van der Waals surface area (Å²) in [6, 6.07) is 0.107. The highest BCUT2D eigenvalue weighted by molar-refractivity contribution is 6.99. The fourth-order valence-electron chi connectivity index (χ4n) is 1.59. The Bertz CT molecular complexity index is 341. The van der Waals surface area contributed by atoms with Crippen molar-refractivity contribution in [3.8, 4) is 0 Å². The average Bonchev–Trinajstić information content (AvgIpc) is 2.74. The summed E-state index contributed by atoms with van der Waals surface area (Å²) in [5.41, 5.74) is 0.431. The average molecular weight is 227 g/mol. The van der Waals surface area contributed by atoms with Crippen LogP contribution in [0.5, 0.6) is 0 Å². The SMILES string of the molecule is C[C@@H]1CN(C(=O)c2cnsn2)[C@H](C)CO1. The number of ether oxygens (including phenoxy) is 1. The molecule has 5 nitrogen and oxygen atoms in total. The predicted molar refractivity (Wildman–Crippen MR) is 55.8 cm³/mol. The van der Waals surface area contributed by atoms with Crippen LogP contribution in [0, 0.1) is 0 Å². The third-order valence-electron chi connectivity index (χ3n) is 2.45. The Morgan fingerprint density at radius 2 is 2.47 bits per heavy atom. The number of amides is 1. The summed E-state index contributed by atoms with van der Waals surface area (Å²) in [5, 5.41) is 0. The Labute approximate surface area is 92.4 Å².